The summed E-state index contributed by atoms with van der Waals surface area (Å²) in [6, 6.07) is 0.476. The van der Waals surface area contributed by atoms with Crippen molar-refractivity contribution < 1.29 is 9.59 Å². The van der Waals surface area contributed by atoms with Gasteiger partial charge in [0.25, 0.3) is 0 Å². The molecule has 2 heterocycles. The molecule has 6 heteroatoms. The first-order valence-electron chi connectivity index (χ1n) is 8.86. The Kier molecular flexibility index (Phi) is 5.02. The molecular formula is C18H26N4O2. The fourth-order valence-corrected chi connectivity index (χ4v) is 3.79. The van der Waals surface area contributed by atoms with Crippen LogP contribution in [-0.4, -0.2) is 39.6 Å². The highest BCUT2D eigenvalue weighted by molar-refractivity contribution is 5.93. The lowest BCUT2D eigenvalue weighted by atomic mass is 9.95. The Morgan fingerprint density at radius 3 is 2.54 bits per heavy atom. The molecular weight excluding hydrogens is 304 g/mol. The first-order chi connectivity index (χ1) is 11.6. The highest BCUT2D eigenvalue weighted by Gasteiger charge is 2.27. The molecule has 1 aliphatic heterocycles. The Morgan fingerprint density at radius 1 is 1.25 bits per heavy atom. The van der Waals surface area contributed by atoms with Crippen molar-refractivity contribution in [1.82, 2.24) is 14.7 Å². The third-order valence-electron chi connectivity index (χ3n) is 5.33. The second-order valence-electron chi connectivity index (χ2n) is 6.82. The predicted octanol–water partition coefficient (Wildman–Crippen LogP) is 2.67. The minimum absolute atomic E-state index is 0.0368. The zero-order valence-corrected chi connectivity index (χ0v) is 14.3. The number of anilines is 1. The van der Waals surface area contributed by atoms with Crippen molar-refractivity contribution in [3.63, 3.8) is 0 Å². The van der Waals surface area contributed by atoms with Crippen molar-refractivity contribution in [2.75, 3.05) is 18.4 Å². The zero-order valence-electron chi connectivity index (χ0n) is 14.3. The number of amides is 2. The Balaban J connectivity index is 1.58. The monoisotopic (exact) mass is 330 g/mol. The molecule has 0 radical (unpaired) electrons. The molecule has 0 unspecified atom stereocenters. The summed E-state index contributed by atoms with van der Waals surface area (Å²) in [5, 5.41) is 7.52. The SMILES string of the molecule is C=CC(=O)N1CCC(C(=O)Nc2cnn(C3CCCC3)c2C)CC1. The highest BCUT2D eigenvalue weighted by atomic mass is 16.2. The Hall–Kier alpha value is -2.11. The van der Waals surface area contributed by atoms with Crippen molar-refractivity contribution in [3.8, 4) is 0 Å². The van der Waals surface area contributed by atoms with Crippen LogP contribution in [0.3, 0.4) is 0 Å². The molecule has 2 amide bonds. The van der Waals surface area contributed by atoms with Crippen LogP contribution in [0, 0.1) is 12.8 Å². The lowest BCUT2D eigenvalue weighted by molar-refractivity contribution is -0.130. The minimum Gasteiger partial charge on any atom is -0.339 e. The number of carbonyl (C=O) groups is 2. The molecule has 1 aromatic rings. The first-order valence-corrected chi connectivity index (χ1v) is 8.86. The lowest BCUT2D eigenvalue weighted by Crippen LogP contribution is -2.40. The fourth-order valence-electron chi connectivity index (χ4n) is 3.79. The molecule has 1 aromatic heterocycles. The second kappa shape index (κ2) is 7.20. The standard InChI is InChI=1S/C18H26N4O2/c1-3-17(23)21-10-8-14(9-11-21)18(24)20-16-12-19-22(13(16)2)15-6-4-5-7-15/h3,12,14-15H,1,4-11H2,2H3,(H,20,24). The second-order valence-corrected chi connectivity index (χ2v) is 6.82. The molecule has 1 saturated heterocycles. The molecule has 1 aliphatic carbocycles. The molecule has 0 spiro atoms. The number of aromatic nitrogens is 2. The van der Waals surface area contributed by atoms with E-state index in [1.807, 2.05) is 6.92 Å². The highest BCUT2D eigenvalue weighted by Crippen LogP contribution is 2.31. The number of hydrogen-bond donors (Lipinski definition) is 1. The normalized spacial score (nSPS) is 19.5. The number of rotatable bonds is 4. The van der Waals surface area contributed by atoms with Gasteiger partial charge in [0, 0.05) is 19.0 Å². The van der Waals surface area contributed by atoms with E-state index in [1.54, 1.807) is 11.1 Å². The Morgan fingerprint density at radius 2 is 1.92 bits per heavy atom. The average molecular weight is 330 g/mol. The van der Waals surface area contributed by atoms with E-state index >= 15 is 0 Å². The van der Waals surface area contributed by atoms with E-state index in [9.17, 15) is 9.59 Å². The molecule has 130 valence electrons. The molecule has 24 heavy (non-hydrogen) atoms. The van der Waals surface area contributed by atoms with Crippen LogP contribution in [0.4, 0.5) is 5.69 Å². The van der Waals surface area contributed by atoms with Gasteiger partial charge in [0.05, 0.1) is 23.6 Å². The van der Waals surface area contributed by atoms with E-state index in [0.717, 1.165) is 11.4 Å². The van der Waals surface area contributed by atoms with Gasteiger partial charge in [-0.3, -0.25) is 14.3 Å². The molecule has 0 bridgehead atoms. The molecule has 0 atom stereocenters. The maximum atomic E-state index is 12.5. The van der Waals surface area contributed by atoms with Gasteiger partial charge in [-0.05, 0) is 38.7 Å². The number of nitrogens with zero attached hydrogens (tertiary/aromatic N) is 3. The maximum absolute atomic E-state index is 12.5. The summed E-state index contributed by atoms with van der Waals surface area (Å²) >= 11 is 0. The zero-order chi connectivity index (χ0) is 17.1. The third kappa shape index (κ3) is 3.37. The van der Waals surface area contributed by atoms with Crippen LogP contribution in [0.15, 0.2) is 18.9 Å². The maximum Gasteiger partial charge on any atom is 0.245 e. The van der Waals surface area contributed by atoms with E-state index < -0.39 is 0 Å². The number of nitrogens with one attached hydrogen (secondary N) is 1. The van der Waals surface area contributed by atoms with Gasteiger partial charge in [0.15, 0.2) is 0 Å². The summed E-state index contributed by atoms with van der Waals surface area (Å²) in [5.74, 6) is -0.0644. The topological polar surface area (TPSA) is 67.2 Å². The molecule has 3 rings (SSSR count). The van der Waals surface area contributed by atoms with Gasteiger partial charge in [0.2, 0.25) is 11.8 Å². The van der Waals surface area contributed by atoms with Crippen LogP contribution in [0.1, 0.15) is 50.3 Å². The van der Waals surface area contributed by atoms with Gasteiger partial charge in [-0.1, -0.05) is 19.4 Å². The number of likely N-dealkylation sites (tertiary alicyclic amines) is 1. The van der Waals surface area contributed by atoms with Crippen LogP contribution in [0.2, 0.25) is 0 Å². The predicted molar refractivity (Wildman–Crippen MR) is 92.6 cm³/mol. The fraction of sp³-hybridized carbons (Fsp3) is 0.611. The Bertz CT molecular complexity index is 623. The smallest absolute Gasteiger partial charge is 0.245 e. The first kappa shape index (κ1) is 16.7. The average Bonchev–Trinajstić information content (AvgIpc) is 3.25. The molecule has 1 saturated carbocycles. The number of piperidine rings is 1. The number of hydrogen-bond acceptors (Lipinski definition) is 3. The molecule has 2 aliphatic rings. The summed E-state index contributed by atoms with van der Waals surface area (Å²) in [7, 11) is 0. The Labute approximate surface area is 142 Å². The largest absolute Gasteiger partial charge is 0.339 e. The molecule has 0 aromatic carbocycles. The van der Waals surface area contributed by atoms with Crippen LogP contribution < -0.4 is 5.32 Å². The van der Waals surface area contributed by atoms with Crippen molar-refractivity contribution in [2.24, 2.45) is 5.92 Å². The summed E-state index contributed by atoms with van der Waals surface area (Å²) in [6.07, 6.45) is 9.35. The van der Waals surface area contributed by atoms with E-state index in [0.29, 0.717) is 32.0 Å². The van der Waals surface area contributed by atoms with Crippen LogP contribution in [-0.2, 0) is 9.59 Å². The van der Waals surface area contributed by atoms with Gasteiger partial charge >= 0.3 is 0 Å². The van der Waals surface area contributed by atoms with E-state index in [-0.39, 0.29) is 17.7 Å². The minimum atomic E-state index is -0.0532. The van der Waals surface area contributed by atoms with Gasteiger partial charge in [-0.15, -0.1) is 0 Å². The summed E-state index contributed by atoms with van der Waals surface area (Å²) < 4.78 is 2.06. The summed E-state index contributed by atoms with van der Waals surface area (Å²) in [5.41, 5.74) is 1.85. The van der Waals surface area contributed by atoms with Gasteiger partial charge in [-0.25, -0.2) is 0 Å². The number of carbonyl (C=O) groups excluding carboxylic acids is 2. The van der Waals surface area contributed by atoms with E-state index in [4.69, 9.17) is 0 Å². The van der Waals surface area contributed by atoms with Gasteiger partial charge in [-0.2, -0.15) is 5.10 Å². The van der Waals surface area contributed by atoms with Crippen molar-refractivity contribution in [3.05, 3.63) is 24.5 Å². The third-order valence-corrected chi connectivity index (χ3v) is 5.33. The van der Waals surface area contributed by atoms with Gasteiger partial charge < -0.3 is 10.2 Å². The molecule has 6 nitrogen and oxygen atoms in total. The van der Waals surface area contributed by atoms with Gasteiger partial charge in [0.1, 0.15) is 0 Å². The van der Waals surface area contributed by atoms with Crippen LogP contribution >= 0.6 is 0 Å². The van der Waals surface area contributed by atoms with Crippen LogP contribution in [0.5, 0.6) is 0 Å². The lowest BCUT2D eigenvalue weighted by Gasteiger charge is -2.30. The van der Waals surface area contributed by atoms with Crippen molar-refractivity contribution in [1.29, 1.82) is 0 Å². The molecule has 2 fully saturated rings. The van der Waals surface area contributed by atoms with E-state index in [2.05, 4.69) is 21.7 Å². The van der Waals surface area contributed by atoms with Crippen molar-refractivity contribution >= 4 is 17.5 Å². The summed E-state index contributed by atoms with van der Waals surface area (Å²) in [4.78, 5) is 25.9. The van der Waals surface area contributed by atoms with Crippen molar-refractivity contribution in [2.45, 2.75) is 51.5 Å². The summed E-state index contributed by atoms with van der Waals surface area (Å²) in [6.45, 7) is 6.76. The quantitative estimate of drug-likeness (QED) is 0.863. The van der Waals surface area contributed by atoms with E-state index in [1.165, 1.54) is 31.8 Å². The molecule has 1 N–H and O–H groups in total. The van der Waals surface area contributed by atoms with Crippen LogP contribution in [0.25, 0.3) is 0 Å².